The summed E-state index contributed by atoms with van der Waals surface area (Å²) in [7, 11) is 0. The molecular weight excluding hydrogens is 320 g/mol. The Morgan fingerprint density at radius 3 is 2.40 bits per heavy atom. The summed E-state index contributed by atoms with van der Waals surface area (Å²) in [5, 5.41) is 14.6. The summed E-state index contributed by atoms with van der Waals surface area (Å²) in [6.45, 7) is 7.47. The van der Waals surface area contributed by atoms with E-state index in [2.05, 4.69) is 5.32 Å². The number of aryl methyl sites for hydroxylation is 4. The first-order chi connectivity index (χ1) is 11.8. The number of carbonyl (C=O) groups is 1. The van der Waals surface area contributed by atoms with Crippen LogP contribution in [-0.2, 0) is 0 Å². The van der Waals surface area contributed by atoms with Crippen LogP contribution in [0.2, 0.25) is 0 Å². The van der Waals surface area contributed by atoms with Gasteiger partial charge in [-0.05, 0) is 57.0 Å². The highest BCUT2D eigenvalue weighted by atomic mass is 16.6. The number of amides is 1. The molecule has 1 aromatic heterocycles. The smallest absolute Gasteiger partial charge is 0.291 e. The first-order valence-corrected chi connectivity index (χ1v) is 7.84. The molecule has 6 heteroatoms. The third-order valence-corrected chi connectivity index (χ3v) is 4.42. The minimum atomic E-state index is -0.469. The zero-order valence-corrected chi connectivity index (χ0v) is 14.5. The lowest BCUT2D eigenvalue weighted by Crippen LogP contribution is -2.12. The lowest BCUT2D eigenvalue weighted by atomic mass is 10.0. The van der Waals surface area contributed by atoms with Crippen LogP contribution in [0.3, 0.4) is 0 Å². The average Bonchev–Trinajstić information content (AvgIpc) is 2.86. The largest absolute Gasteiger partial charge is 0.451 e. The van der Waals surface area contributed by atoms with Gasteiger partial charge >= 0.3 is 0 Å². The van der Waals surface area contributed by atoms with Crippen molar-refractivity contribution in [1.82, 2.24) is 0 Å². The highest BCUT2D eigenvalue weighted by Gasteiger charge is 2.19. The maximum atomic E-state index is 12.6. The molecule has 0 atom stereocenters. The van der Waals surface area contributed by atoms with Crippen LogP contribution in [0.5, 0.6) is 0 Å². The van der Waals surface area contributed by atoms with E-state index in [4.69, 9.17) is 4.42 Å². The lowest BCUT2D eigenvalue weighted by molar-refractivity contribution is -0.385. The molecule has 25 heavy (non-hydrogen) atoms. The van der Waals surface area contributed by atoms with E-state index < -0.39 is 10.8 Å². The van der Waals surface area contributed by atoms with Crippen LogP contribution in [-0.4, -0.2) is 10.8 Å². The number of carbonyl (C=O) groups excluding carboxylic acids is 1. The van der Waals surface area contributed by atoms with Crippen molar-refractivity contribution in [2.24, 2.45) is 0 Å². The summed E-state index contributed by atoms with van der Waals surface area (Å²) < 4.78 is 5.72. The first-order valence-electron chi connectivity index (χ1n) is 7.84. The summed E-state index contributed by atoms with van der Waals surface area (Å²) >= 11 is 0. The Hall–Kier alpha value is -3.15. The van der Waals surface area contributed by atoms with E-state index in [0.29, 0.717) is 16.8 Å². The maximum Gasteiger partial charge on any atom is 0.291 e. The highest BCUT2D eigenvalue weighted by Crippen LogP contribution is 2.29. The van der Waals surface area contributed by atoms with Crippen molar-refractivity contribution in [3.05, 3.63) is 68.5 Å². The molecule has 2 aromatic carbocycles. The number of nitrogens with one attached hydrogen (secondary N) is 1. The molecule has 0 unspecified atom stereocenters. The van der Waals surface area contributed by atoms with Crippen molar-refractivity contribution < 1.29 is 14.1 Å². The van der Waals surface area contributed by atoms with Gasteiger partial charge in [0.1, 0.15) is 5.58 Å². The van der Waals surface area contributed by atoms with Crippen molar-refractivity contribution in [2.45, 2.75) is 27.7 Å². The maximum absolute atomic E-state index is 12.6. The van der Waals surface area contributed by atoms with E-state index in [1.165, 1.54) is 6.07 Å². The zero-order valence-electron chi connectivity index (χ0n) is 14.5. The predicted octanol–water partition coefficient (Wildman–Crippen LogP) is 4.83. The molecule has 0 radical (unpaired) electrons. The molecule has 0 fully saturated rings. The summed E-state index contributed by atoms with van der Waals surface area (Å²) in [5.74, 6) is -0.217. The van der Waals surface area contributed by atoms with E-state index in [0.717, 1.165) is 22.1 Å². The Balaban J connectivity index is 1.97. The predicted molar refractivity (Wildman–Crippen MR) is 96.2 cm³/mol. The number of benzene rings is 2. The number of nitro benzene ring substituents is 1. The second kappa shape index (κ2) is 6.05. The average molecular weight is 338 g/mol. The quantitative estimate of drug-likeness (QED) is 0.547. The topological polar surface area (TPSA) is 85.4 Å². The van der Waals surface area contributed by atoms with Crippen molar-refractivity contribution in [3.63, 3.8) is 0 Å². The van der Waals surface area contributed by atoms with E-state index in [9.17, 15) is 14.9 Å². The Labute approximate surface area is 144 Å². The lowest BCUT2D eigenvalue weighted by Gasteiger charge is -2.05. The van der Waals surface area contributed by atoms with Gasteiger partial charge in [-0.2, -0.15) is 0 Å². The SMILES string of the molecule is Cc1cc2oc(C(=O)Nc3ccc(C)c([N+](=O)[O-])c3)c(C)c2cc1C. The van der Waals surface area contributed by atoms with E-state index in [1.54, 1.807) is 19.1 Å². The fourth-order valence-corrected chi connectivity index (χ4v) is 2.76. The Morgan fingerprint density at radius 1 is 1.04 bits per heavy atom. The molecule has 1 amide bonds. The van der Waals surface area contributed by atoms with E-state index >= 15 is 0 Å². The van der Waals surface area contributed by atoms with Crippen LogP contribution in [0, 0.1) is 37.8 Å². The van der Waals surface area contributed by atoms with Gasteiger partial charge in [0.05, 0.1) is 4.92 Å². The third kappa shape index (κ3) is 2.98. The van der Waals surface area contributed by atoms with Gasteiger partial charge < -0.3 is 9.73 Å². The molecule has 0 spiro atoms. The van der Waals surface area contributed by atoms with E-state index in [-0.39, 0.29) is 11.4 Å². The van der Waals surface area contributed by atoms with Crippen LogP contribution < -0.4 is 5.32 Å². The number of hydrogen-bond donors (Lipinski definition) is 1. The summed E-state index contributed by atoms with van der Waals surface area (Å²) in [5.41, 5.74) is 4.46. The van der Waals surface area contributed by atoms with Crippen molar-refractivity contribution in [2.75, 3.05) is 5.32 Å². The van der Waals surface area contributed by atoms with Crippen LogP contribution in [0.15, 0.2) is 34.7 Å². The fraction of sp³-hybridized carbons (Fsp3) is 0.211. The molecule has 3 aromatic rings. The number of furan rings is 1. The Bertz CT molecular complexity index is 1020. The molecule has 0 saturated carbocycles. The number of nitro groups is 1. The Kier molecular flexibility index (Phi) is 4.04. The molecule has 0 aliphatic rings. The normalized spacial score (nSPS) is 10.9. The summed E-state index contributed by atoms with van der Waals surface area (Å²) in [6, 6.07) is 8.49. The number of nitrogens with zero attached hydrogens (tertiary/aromatic N) is 1. The standard InChI is InChI=1S/C19H18N2O4/c1-10-5-6-14(9-16(10)21(23)24)20-19(22)18-13(4)15-7-11(2)12(3)8-17(15)25-18/h5-9H,1-4H3,(H,20,22). The third-order valence-electron chi connectivity index (χ3n) is 4.42. The summed E-state index contributed by atoms with van der Waals surface area (Å²) in [6.07, 6.45) is 0. The first kappa shape index (κ1) is 16.7. The highest BCUT2D eigenvalue weighted by molar-refractivity contribution is 6.06. The van der Waals surface area contributed by atoms with Gasteiger partial charge in [-0.1, -0.05) is 6.07 Å². The molecule has 0 saturated heterocycles. The number of rotatable bonds is 3. The minimum absolute atomic E-state index is 0.0367. The van der Waals surface area contributed by atoms with Crippen LogP contribution in [0.4, 0.5) is 11.4 Å². The van der Waals surface area contributed by atoms with E-state index in [1.807, 2.05) is 32.9 Å². The molecule has 6 nitrogen and oxygen atoms in total. The minimum Gasteiger partial charge on any atom is -0.451 e. The molecule has 0 aliphatic heterocycles. The van der Waals surface area contributed by atoms with Gasteiger partial charge in [0.2, 0.25) is 0 Å². The Morgan fingerprint density at radius 2 is 1.72 bits per heavy atom. The van der Waals surface area contributed by atoms with Gasteiger partial charge in [0.25, 0.3) is 11.6 Å². The van der Waals surface area contributed by atoms with Gasteiger partial charge in [-0.3, -0.25) is 14.9 Å². The monoisotopic (exact) mass is 338 g/mol. The van der Waals surface area contributed by atoms with Gasteiger partial charge in [0.15, 0.2) is 5.76 Å². The number of anilines is 1. The van der Waals surface area contributed by atoms with Crippen molar-refractivity contribution >= 4 is 28.3 Å². The second-order valence-electron chi connectivity index (χ2n) is 6.20. The van der Waals surface area contributed by atoms with Gasteiger partial charge in [0, 0.05) is 28.3 Å². The molecule has 128 valence electrons. The van der Waals surface area contributed by atoms with Crippen molar-refractivity contribution in [3.8, 4) is 0 Å². The van der Waals surface area contributed by atoms with Gasteiger partial charge in [-0.15, -0.1) is 0 Å². The molecule has 1 N–H and O–H groups in total. The van der Waals surface area contributed by atoms with Crippen LogP contribution in [0.25, 0.3) is 11.0 Å². The fourth-order valence-electron chi connectivity index (χ4n) is 2.76. The van der Waals surface area contributed by atoms with Crippen LogP contribution in [0.1, 0.15) is 32.8 Å². The van der Waals surface area contributed by atoms with Gasteiger partial charge in [-0.25, -0.2) is 0 Å². The number of hydrogen-bond acceptors (Lipinski definition) is 4. The molecule has 0 aliphatic carbocycles. The zero-order chi connectivity index (χ0) is 18.3. The molecular formula is C19H18N2O4. The molecule has 0 bridgehead atoms. The van der Waals surface area contributed by atoms with Crippen molar-refractivity contribution in [1.29, 1.82) is 0 Å². The summed E-state index contributed by atoms with van der Waals surface area (Å²) in [4.78, 5) is 23.1. The molecule has 1 heterocycles. The molecule has 3 rings (SSSR count). The number of fused-ring (bicyclic) bond motifs is 1. The van der Waals surface area contributed by atoms with Crippen LogP contribution >= 0.6 is 0 Å². The second-order valence-corrected chi connectivity index (χ2v) is 6.20.